The first-order chi connectivity index (χ1) is 15.1. The lowest BCUT2D eigenvalue weighted by molar-refractivity contribution is -0.131. The molecular weight excluding hydrogens is 386 g/mol. The third-order valence-corrected chi connectivity index (χ3v) is 5.61. The van der Waals surface area contributed by atoms with Gasteiger partial charge in [0.1, 0.15) is 0 Å². The van der Waals surface area contributed by atoms with E-state index in [9.17, 15) is 9.59 Å². The molecule has 1 N–H and O–H groups in total. The van der Waals surface area contributed by atoms with Gasteiger partial charge in [-0.15, -0.1) is 0 Å². The molecular formula is C26H27N3O2. The SMILES string of the molecule is Cc1cccc(NC(=O)N2CCN(C(=O)Cc3ccc(-c4ccccc4)cc3)CC2)c1. The maximum Gasteiger partial charge on any atom is 0.321 e. The Labute approximate surface area is 183 Å². The predicted molar refractivity (Wildman–Crippen MR) is 124 cm³/mol. The average molecular weight is 414 g/mol. The molecule has 3 aromatic rings. The number of carbonyl (C=O) groups is 2. The molecule has 1 saturated heterocycles. The Morgan fingerprint density at radius 1 is 0.774 bits per heavy atom. The first-order valence-electron chi connectivity index (χ1n) is 10.6. The highest BCUT2D eigenvalue weighted by Gasteiger charge is 2.24. The first kappa shape index (κ1) is 20.7. The van der Waals surface area contributed by atoms with Crippen LogP contribution < -0.4 is 5.32 Å². The zero-order chi connectivity index (χ0) is 21.6. The summed E-state index contributed by atoms with van der Waals surface area (Å²) in [5.41, 5.74) is 5.21. The molecule has 158 valence electrons. The zero-order valence-electron chi connectivity index (χ0n) is 17.8. The van der Waals surface area contributed by atoms with Gasteiger partial charge in [-0.25, -0.2) is 4.79 Å². The topological polar surface area (TPSA) is 52.7 Å². The largest absolute Gasteiger partial charge is 0.339 e. The van der Waals surface area contributed by atoms with Gasteiger partial charge in [0.15, 0.2) is 0 Å². The van der Waals surface area contributed by atoms with Crippen LogP contribution >= 0.6 is 0 Å². The van der Waals surface area contributed by atoms with Crippen LogP contribution in [-0.4, -0.2) is 47.9 Å². The van der Waals surface area contributed by atoms with Crippen LogP contribution in [0.25, 0.3) is 11.1 Å². The Kier molecular flexibility index (Phi) is 6.32. The normalized spacial score (nSPS) is 13.7. The number of urea groups is 1. The summed E-state index contributed by atoms with van der Waals surface area (Å²) in [7, 11) is 0. The van der Waals surface area contributed by atoms with Crippen molar-refractivity contribution in [3.05, 3.63) is 90.0 Å². The fourth-order valence-electron chi connectivity index (χ4n) is 3.82. The van der Waals surface area contributed by atoms with Gasteiger partial charge >= 0.3 is 6.03 Å². The molecule has 5 nitrogen and oxygen atoms in total. The van der Waals surface area contributed by atoms with Gasteiger partial charge in [0.25, 0.3) is 0 Å². The second-order valence-electron chi connectivity index (χ2n) is 7.91. The lowest BCUT2D eigenvalue weighted by Gasteiger charge is -2.34. The van der Waals surface area contributed by atoms with Crippen molar-refractivity contribution in [1.82, 2.24) is 9.80 Å². The average Bonchev–Trinajstić information content (AvgIpc) is 2.80. The third-order valence-electron chi connectivity index (χ3n) is 5.61. The summed E-state index contributed by atoms with van der Waals surface area (Å²) in [5.74, 6) is 0.103. The number of aryl methyl sites for hydroxylation is 1. The van der Waals surface area contributed by atoms with Gasteiger partial charge < -0.3 is 15.1 Å². The highest BCUT2D eigenvalue weighted by atomic mass is 16.2. The van der Waals surface area contributed by atoms with Gasteiger partial charge in [-0.1, -0.05) is 66.7 Å². The van der Waals surface area contributed by atoms with E-state index in [0.29, 0.717) is 32.6 Å². The molecule has 0 aromatic heterocycles. The summed E-state index contributed by atoms with van der Waals surface area (Å²) in [4.78, 5) is 28.9. The van der Waals surface area contributed by atoms with Crippen LogP contribution in [0.4, 0.5) is 10.5 Å². The van der Waals surface area contributed by atoms with Crippen molar-refractivity contribution in [3.8, 4) is 11.1 Å². The van der Waals surface area contributed by atoms with Crippen LogP contribution in [0.3, 0.4) is 0 Å². The van der Waals surface area contributed by atoms with Gasteiger partial charge in [0.05, 0.1) is 6.42 Å². The van der Waals surface area contributed by atoms with Crippen molar-refractivity contribution in [1.29, 1.82) is 0 Å². The predicted octanol–water partition coefficient (Wildman–Crippen LogP) is 4.58. The highest BCUT2D eigenvalue weighted by Crippen LogP contribution is 2.20. The van der Waals surface area contributed by atoms with Gasteiger partial charge in [-0.3, -0.25) is 4.79 Å². The smallest absolute Gasteiger partial charge is 0.321 e. The summed E-state index contributed by atoms with van der Waals surface area (Å²) in [5, 5.41) is 2.94. The molecule has 0 radical (unpaired) electrons. The lowest BCUT2D eigenvalue weighted by Crippen LogP contribution is -2.52. The van der Waals surface area contributed by atoms with E-state index in [4.69, 9.17) is 0 Å². The van der Waals surface area contributed by atoms with Crippen molar-refractivity contribution < 1.29 is 9.59 Å². The summed E-state index contributed by atoms with van der Waals surface area (Å²) in [6.45, 7) is 4.19. The van der Waals surface area contributed by atoms with Crippen molar-refractivity contribution in [3.63, 3.8) is 0 Å². The molecule has 5 heteroatoms. The summed E-state index contributed by atoms with van der Waals surface area (Å²) in [6, 6.07) is 26.0. The van der Waals surface area contributed by atoms with Gasteiger partial charge in [0.2, 0.25) is 5.91 Å². The van der Waals surface area contributed by atoms with Crippen molar-refractivity contribution in [2.75, 3.05) is 31.5 Å². The number of amides is 3. The van der Waals surface area contributed by atoms with Gasteiger partial charge in [0, 0.05) is 31.9 Å². The van der Waals surface area contributed by atoms with Crippen LogP contribution in [0.1, 0.15) is 11.1 Å². The van der Waals surface area contributed by atoms with Crippen LogP contribution in [0.15, 0.2) is 78.9 Å². The highest BCUT2D eigenvalue weighted by molar-refractivity contribution is 5.89. The van der Waals surface area contributed by atoms with Crippen LogP contribution in [0, 0.1) is 6.92 Å². The van der Waals surface area contributed by atoms with E-state index in [1.54, 1.807) is 4.90 Å². The molecule has 3 amide bonds. The molecule has 3 aromatic carbocycles. The Morgan fingerprint density at radius 2 is 1.42 bits per heavy atom. The minimum absolute atomic E-state index is 0.103. The zero-order valence-corrected chi connectivity index (χ0v) is 17.8. The molecule has 0 bridgehead atoms. The number of nitrogens with one attached hydrogen (secondary N) is 1. The van der Waals surface area contributed by atoms with E-state index in [1.807, 2.05) is 66.4 Å². The second kappa shape index (κ2) is 9.47. The number of rotatable bonds is 4. The van der Waals surface area contributed by atoms with E-state index in [-0.39, 0.29) is 11.9 Å². The van der Waals surface area contributed by atoms with E-state index >= 15 is 0 Å². The summed E-state index contributed by atoms with van der Waals surface area (Å²) >= 11 is 0. The van der Waals surface area contributed by atoms with Crippen molar-refractivity contribution in [2.45, 2.75) is 13.3 Å². The van der Waals surface area contributed by atoms with E-state index < -0.39 is 0 Å². The molecule has 1 aliphatic heterocycles. The summed E-state index contributed by atoms with van der Waals surface area (Å²) in [6.07, 6.45) is 0.380. The summed E-state index contributed by atoms with van der Waals surface area (Å²) < 4.78 is 0. The number of carbonyl (C=O) groups excluding carboxylic acids is 2. The van der Waals surface area contributed by atoms with Crippen LogP contribution in [0.2, 0.25) is 0 Å². The monoisotopic (exact) mass is 413 g/mol. The molecule has 4 rings (SSSR count). The number of hydrogen-bond donors (Lipinski definition) is 1. The quantitative estimate of drug-likeness (QED) is 0.681. The molecule has 0 unspecified atom stereocenters. The number of anilines is 1. The first-order valence-corrected chi connectivity index (χ1v) is 10.6. The molecule has 1 fully saturated rings. The Balaban J connectivity index is 1.28. The van der Waals surface area contributed by atoms with E-state index in [0.717, 1.165) is 22.4 Å². The van der Waals surface area contributed by atoms with Crippen LogP contribution in [0.5, 0.6) is 0 Å². The molecule has 1 heterocycles. The van der Waals surface area contributed by atoms with E-state index in [1.165, 1.54) is 5.56 Å². The standard InChI is InChI=1S/C26H27N3O2/c1-20-6-5-9-24(18-20)27-26(31)29-16-14-28(15-17-29)25(30)19-21-10-12-23(13-11-21)22-7-3-2-4-8-22/h2-13,18H,14-17,19H2,1H3,(H,27,31). The molecule has 0 saturated carbocycles. The molecule has 31 heavy (non-hydrogen) atoms. The molecule has 1 aliphatic rings. The molecule has 0 atom stereocenters. The van der Waals surface area contributed by atoms with Crippen LogP contribution in [-0.2, 0) is 11.2 Å². The van der Waals surface area contributed by atoms with Crippen molar-refractivity contribution in [2.24, 2.45) is 0 Å². The number of benzene rings is 3. The minimum Gasteiger partial charge on any atom is -0.339 e. The van der Waals surface area contributed by atoms with Gasteiger partial charge in [-0.2, -0.15) is 0 Å². The number of nitrogens with zero attached hydrogens (tertiary/aromatic N) is 2. The fraction of sp³-hybridized carbons (Fsp3) is 0.231. The maximum absolute atomic E-state index is 12.7. The number of hydrogen-bond acceptors (Lipinski definition) is 2. The van der Waals surface area contributed by atoms with Gasteiger partial charge in [-0.05, 0) is 41.3 Å². The Hall–Kier alpha value is -3.60. The lowest BCUT2D eigenvalue weighted by atomic mass is 10.0. The fourth-order valence-corrected chi connectivity index (χ4v) is 3.82. The minimum atomic E-state index is -0.116. The second-order valence-corrected chi connectivity index (χ2v) is 7.91. The number of piperazine rings is 1. The maximum atomic E-state index is 12.7. The molecule has 0 aliphatic carbocycles. The Morgan fingerprint density at radius 3 is 2.10 bits per heavy atom. The van der Waals surface area contributed by atoms with E-state index in [2.05, 4.69) is 29.6 Å². The van der Waals surface area contributed by atoms with Crippen molar-refractivity contribution >= 4 is 17.6 Å². The Bertz CT molecular complexity index is 1040. The third kappa shape index (κ3) is 5.31. The molecule has 0 spiro atoms.